The molecule has 0 aliphatic carbocycles. The topological polar surface area (TPSA) is 61.9 Å². The monoisotopic (exact) mass is 229 g/mol. The second-order valence-corrected chi connectivity index (χ2v) is 3.62. The van der Waals surface area contributed by atoms with Gasteiger partial charge in [-0.3, -0.25) is 4.79 Å². The van der Waals surface area contributed by atoms with Gasteiger partial charge in [-0.25, -0.2) is 4.79 Å². The lowest BCUT2D eigenvalue weighted by Gasteiger charge is -2.33. The number of methoxy groups -OCH3 is 1. The number of carbonyl (C=O) groups is 2. The van der Waals surface area contributed by atoms with Crippen molar-refractivity contribution in [2.45, 2.75) is 6.92 Å². The highest BCUT2D eigenvalue weighted by Crippen LogP contribution is 2.03. The highest BCUT2D eigenvalue weighted by Gasteiger charge is 2.23. The van der Waals surface area contributed by atoms with Gasteiger partial charge in [0.1, 0.15) is 0 Å². The Balaban J connectivity index is 2.31. The molecule has 1 aliphatic rings. The third kappa shape index (κ3) is 3.37. The van der Waals surface area contributed by atoms with Crippen molar-refractivity contribution in [2.24, 2.45) is 0 Å². The number of piperazine rings is 1. The molecule has 0 aromatic heterocycles. The zero-order valence-electron chi connectivity index (χ0n) is 9.86. The molecule has 0 saturated carbocycles. The van der Waals surface area contributed by atoms with Gasteiger partial charge in [0.15, 0.2) is 0 Å². The zero-order chi connectivity index (χ0) is 12.0. The minimum absolute atomic E-state index is 0.0892. The number of nitrogens with zero attached hydrogens (tertiary/aromatic N) is 2. The van der Waals surface area contributed by atoms with Crippen molar-refractivity contribution in [1.29, 1.82) is 0 Å². The normalized spacial score (nSPS) is 16.1. The van der Waals surface area contributed by atoms with Gasteiger partial charge in [0.2, 0.25) is 5.91 Å². The predicted octanol–water partition coefficient (Wildman–Crippen LogP) is -0.493. The Morgan fingerprint density at radius 1 is 1.19 bits per heavy atom. The van der Waals surface area contributed by atoms with Crippen LogP contribution in [0.1, 0.15) is 6.92 Å². The lowest BCUT2D eigenvalue weighted by Crippen LogP contribution is -2.52. The average Bonchev–Trinajstić information content (AvgIpc) is 2.35. The first kappa shape index (κ1) is 12.8. The van der Waals surface area contributed by atoms with E-state index in [2.05, 4.69) is 10.1 Å². The van der Waals surface area contributed by atoms with Crippen LogP contribution in [0.4, 0.5) is 4.79 Å². The number of hydrogen-bond acceptors (Lipinski definition) is 4. The van der Waals surface area contributed by atoms with Gasteiger partial charge >= 0.3 is 6.09 Å². The minimum atomic E-state index is -0.321. The maximum absolute atomic E-state index is 11.6. The lowest BCUT2D eigenvalue weighted by atomic mass is 10.3. The van der Waals surface area contributed by atoms with Crippen molar-refractivity contribution in [3.63, 3.8) is 0 Å². The van der Waals surface area contributed by atoms with E-state index in [1.807, 2.05) is 6.92 Å². The highest BCUT2D eigenvalue weighted by molar-refractivity contribution is 5.78. The molecule has 0 aromatic rings. The molecule has 0 spiro atoms. The molecule has 0 radical (unpaired) electrons. The molecule has 6 heteroatoms. The van der Waals surface area contributed by atoms with Gasteiger partial charge in [-0.05, 0) is 6.54 Å². The molecule has 1 heterocycles. The molecule has 16 heavy (non-hydrogen) atoms. The molecule has 0 unspecified atom stereocenters. The molecule has 1 saturated heterocycles. The fourth-order valence-electron chi connectivity index (χ4n) is 1.61. The Hall–Kier alpha value is -1.30. The first-order valence-electron chi connectivity index (χ1n) is 5.50. The fourth-order valence-corrected chi connectivity index (χ4v) is 1.61. The van der Waals surface area contributed by atoms with Gasteiger partial charge in [-0.2, -0.15) is 0 Å². The summed E-state index contributed by atoms with van der Waals surface area (Å²) in [5, 5.41) is 2.99. The SMILES string of the molecule is CCNCC(=O)N1CCN(C(=O)OC)CC1. The highest BCUT2D eigenvalue weighted by atomic mass is 16.5. The molecule has 1 N–H and O–H groups in total. The largest absolute Gasteiger partial charge is 0.453 e. The van der Waals surface area contributed by atoms with E-state index in [4.69, 9.17) is 0 Å². The van der Waals surface area contributed by atoms with Gasteiger partial charge in [-0.1, -0.05) is 6.92 Å². The molecule has 0 atom stereocenters. The fraction of sp³-hybridized carbons (Fsp3) is 0.800. The van der Waals surface area contributed by atoms with Crippen LogP contribution < -0.4 is 5.32 Å². The van der Waals surface area contributed by atoms with Crippen LogP contribution in [0.2, 0.25) is 0 Å². The Labute approximate surface area is 95.5 Å². The van der Waals surface area contributed by atoms with Gasteiger partial charge in [-0.15, -0.1) is 0 Å². The number of rotatable bonds is 3. The van der Waals surface area contributed by atoms with Crippen LogP contribution in [-0.2, 0) is 9.53 Å². The Bertz CT molecular complexity index is 250. The zero-order valence-corrected chi connectivity index (χ0v) is 9.86. The summed E-state index contributed by atoms with van der Waals surface area (Å²) in [5.41, 5.74) is 0. The summed E-state index contributed by atoms with van der Waals surface area (Å²) in [4.78, 5) is 26.2. The molecule has 6 nitrogen and oxygen atoms in total. The number of likely N-dealkylation sites (N-methyl/N-ethyl adjacent to an activating group) is 1. The summed E-state index contributed by atoms with van der Waals surface area (Å²) in [6, 6.07) is 0. The number of amides is 2. The lowest BCUT2D eigenvalue weighted by molar-refractivity contribution is -0.131. The van der Waals surface area contributed by atoms with Crippen molar-refractivity contribution in [3.8, 4) is 0 Å². The van der Waals surface area contributed by atoms with E-state index in [1.165, 1.54) is 7.11 Å². The summed E-state index contributed by atoms with van der Waals surface area (Å²) in [5.74, 6) is 0.0892. The summed E-state index contributed by atoms with van der Waals surface area (Å²) < 4.78 is 4.62. The smallest absolute Gasteiger partial charge is 0.409 e. The summed E-state index contributed by atoms with van der Waals surface area (Å²) >= 11 is 0. The minimum Gasteiger partial charge on any atom is -0.453 e. The molecular weight excluding hydrogens is 210 g/mol. The third-order valence-electron chi connectivity index (χ3n) is 2.59. The second kappa shape index (κ2) is 6.32. The number of hydrogen-bond donors (Lipinski definition) is 1. The summed E-state index contributed by atoms with van der Waals surface area (Å²) in [6.07, 6.45) is -0.321. The second-order valence-electron chi connectivity index (χ2n) is 3.62. The average molecular weight is 229 g/mol. The van der Waals surface area contributed by atoms with Gasteiger partial charge in [0.05, 0.1) is 13.7 Å². The van der Waals surface area contributed by atoms with Crippen LogP contribution in [0.15, 0.2) is 0 Å². The van der Waals surface area contributed by atoms with Crippen molar-refractivity contribution < 1.29 is 14.3 Å². The summed E-state index contributed by atoms with van der Waals surface area (Å²) in [6.45, 7) is 5.37. The maximum atomic E-state index is 11.6. The van der Waals surface area contributed by atoms with Crippen LogP contribution in [0.5, 0.6) is 0 Å². The predicted molar refractivity (Wildman–Crippen MR) is 59.1 cm³/mol. The Kier molecular flexibility index (Phi) is 5.04. The molecular formula is C10H19N3O3. The van der Waals surface area contributed by atoms with Crippen molar-refractivity contribution in [3.05, 3.63) is 0 Å². The van der Waals surface area contributed by atoms with Crippen LogP contribution >= 0.6 is 0 Å². The third-order valence-corrected chi connectivity index (χ3v) is 2.59. The van der Waals surface area contributed by atoms with Crippen LogP contribution in [0.25, 0.3) is 0 Å². The van der Waals surface area contributed by atoms with Crippen molar-refractivity contribution in [2.75, 3.05) is 46.4 Å². The van der Waals surface area contributed by atoms with Crippen molar-refractivity contribution >= 4 is 12.0 Å². The van der Waals surface area contributed by atoms with Crippen molar-refractivity contribution in [1.82, 2.24) is 15.1 Å². The first-order valence-corrected chi connectivity index (χ1v) is 5.50. The van der Waals surface area contributed by atoms with Crippen LogP contribution in [0.3, 0.4) is 0 Å². The molecule has 0 bridgehead atoms. The molecule has 0 aromatic carbocycles. The first-order chi connectivity index (χ1) is 7.69. The maximum Gasteiger partial charge on any atom is 0.409 e. The van der Waals surface area contributed by atoms with Crippen LogP contribution in [0, 0.1) is 0 Å². The molecule has 1 fully saturated rings. The summed E-state index contributed by atoms with van der Waals surface area (Å²) in [7, 11) is 1.37. The molecule has 2 amide bonds. The number of carbonyl (C=O) groups excluding carboxylic acids is 2. The Morgan fingerprint density at radius 2 is 1.75 bits per heavy atom. The van der Waals surface area contributed by atoms with Gasteiger partial charge < -0.3 is 19.9 Å². The van der Waals surface area contributed by atoms with E-state index in [0.717, 1.165) is 6.54 Å². The Morgan fingerprint density at radius 3 is 2.25 bits per heavy atom. The van der Waals surface area contributed by atoms with Gasteiger partial charge in [0, 0.05) is 26.2 Å². The number of ether oxygens (including phenoxy) is 1. The number of nitrogens with one attached hydrogen (secondary N) is 1. The van der Waals surface area contributed by atoms with Gasteiger partial charge in [0.25, 0.3) is 0 Å². The van der Waals surface area contributed by atoms with E-state index in [-0.39, 0.29) is 12.0 Å². The van der Waals surface area contributed by atoms with E-state index >= 15 is 0 Å². The quantitative estimate of drug-likeness (QED) is 0.709. The molecule has 1 aliphatic heterocycles. The molecule has 92 valence electrons. The van der Waals surface area contributed by atoms with Crippen LogP contribution in [-0.4, -0.2) is 68.2 Å². The van der Waals surface area contributed by atoms with E-state index in [1.54, 1.807) is 9.80 Å². The van der Waals surface area contributed by atoms with E-state index < -0.39 is 0 Å². The standard InChI is InChI=1S/C10H19N3O3/c1-3-11-8-9(14)12-4-6-13(7-5-12)10(15)16-2/h11H,3-8H2,1-2H3. The van der Waals surface area contributed by atoms with E-state index in [9.17, 15) is 9.59 Å². The van der Waals surface area contributed by atoms with E-state index in [0.29, 0.717) is 32.7 Å². The molecule has 1 rings (SSSR count).